The minimum atomic E-state index is -0.968. The van der Waals surface area contributed by atoms with Crippen molar-refractivity contribution in [2.24, 2.45) is 5.73 Å². The zero-order valence-electron chi connectivity index (χ0n) is 8.36. The lowest BCUT2D eigenvalue weighted by Crippen LogP contribution is -2.10. The summed E-state index contributed by atoms with van der Waals surface area (Å²) in [6.45, 7) is 1.78. The van der Waals surface area contributed by atoms with Gasteiger partial charge in [-0.05, 0) is 19.1 Å². The molecule has 0 spiro atoms. The van der Waals surface area contributed by atoms with Crippen LogP contribution in [0.4, 0.5) is 0 Å². The number of methoxy groups -OCH3 is 1. The Kier molecular flexibility index (Phi) is 6.15. The molecule has 0 bridgehead atoms. The van der Waals surface area contributed by atoms with Crippen LogP contribution in [0.5, 0.6) is 5.75 Å². The highest BCUT2D eigenvalue weighted by Gasteiger charge is 1.85. The van der Waals surface area contributed by atoms with Crippen molar-refractivity contribution in [1.29, 1.82) is 0 Å². The smallest absolute Gasteiger partial charge is 0.317 e. The van der Waals surface area contributed by atoms with Crippen molar-refractivity contribution in [2.45, 2.75) is 6.92 Å². The van der Waals surface area contributed by atoms with E-state index in [-0.39, 0.29) is 6.54 Å². The molecule has 4 nitrogen and oxygen atoms in total. The Morgan fingerprint density at radius 1 is 1.43 bits per heavy atom. The summed E-state index contributed by atoms with van der Waals surface area (Å²) in [4.78, 5) is 9.24. The number of aliphatic carboxylic acids is 1. The molecule has 0 amide bonds. The predicted molar refractivity (Wildman–Crippen MR) is 54.4 cm³/mol. The molecular formula is C10H15NO3. The quantitative estimate of drug-likeness (QED) is 0.742. The van der Waals surface area contributed by atoms with Gasteiger partial charge < -0.3 is 15.6 Å². The fourth-order valence-corrected chi connectivity index (χ4v) is 0.674. The molecule has 1 aromatic rings. The topological polar surface area (TPSA) is 72.5 Å². The van der Waals surface area contributed by atoms with Crippen molar-refractivity contribution in [2.75, 3.05) is 13.7 Å². The van der Waals surface area contributed by atoms with Crippen molar-refractivity contribution in [3.8, 4) is 5.75 Å². The van der Waals surface area contributed by atoms with E-state index in [1.165, 1.54) is 5.56 Å². The fraction of sp³-hybridized carbons (Fsp3) is 0.300. The first-order valence-electron chi connectivity index (χ1n) is 4.12. The molecule has 0 atom stereocenters. The van der Waals surface area contributed by atoms with Gasteiger partial charge in [-0.3, -0.25) is 4.79 Å². The van der Waals surface area contributed by atoms with Gasteiger partial charge in [0.2, 0.25) is 0 Å². The molecule has 0 saturated carbocycles. The first kappa shape index (κ1) is 12.4. The summed E-state index contributed by atoms with van der Waals surface area (Å²) >= 11 is 0. The maximum Gasteiger partial charge on any atom is 0.317 e. The third-order valence-corrected chi connectivity index (χ3v) is 1.43. The molecule has 1 rings (SSSR count). The maximum absolute atomic E-state index is 9.24. The Bertz CT molecular complexity index is 269. The van der Waals surface area contributed by atoms with E-state index in [4.69, 9.17) is 9.84 Å². The average molecular weight is 197 g/mol. The largest absolute Gasteiger partial charge is 0.497 e. The van der Waals surface area contributed by atoms with Gasteiger partial charge in [0.25, 0.3) is 0 Å². The molecule has 0 radical (unpaired) electrons. The van der Waals surface area contributed by atoms with E-state index in [2.05, 4.69) is 12.7 Å². The van der Waals surface area contributed by atoms with E-state index >= 15 is 0 Å². The standard InChI is InChI=1S/C8H10O.C2H5NO2/c1-7-3-5-8(9-2)6-4-7;3-1-2(4)5/h3-6H,1-2H3;1,3H2,(H,4,5). The van der Waals surface area contributed by atoms with Gasteiger partial charge in [0.05, 0.1) is 13.7 Å². The number of carboxylic acid groups (broad SMARTS) is 1. The Morgan fingerprint density at radius 2 is 1.86 bits per heavy atom. The number of ether oxygens (including phenoxy) is 1. The van der Waals surface area contributed by atoms with E-state index in [0.717, 1.165) is 5.75 Å². The fourth-order valence-electron chi connectivity index (χ4n) is 0.674. The van der Waals surface area contributed by atoms with Gasteiger partial charge in [-0.2, -0.15) is 0 Å². The molecule has 0 aliphatic rings. The Hall–Kier alpha value is -1.55. The van der Waals surface area contributed by atoms with E-state index in [1.807, 2.05) is 24.3 Å². The second kappa shape index (κ2) is 6.91. The molecule has 0 heterocycles. The van der Waals surface area contributed by atoms with Crippen LogP contribution in [0.15, 0.2) is 24.3 Å². The van der Waals surface area contributed by atoms with Crippen molar-refractivity contribution < 1.29 is 14.6 Å². The van der Waals surface area contributed by atoms with E-state index in [9.17, 15) is 4.79 Å². The van der Waals surface area contributed by atoms with Crippen LogP contribution in [0.1, 0.15) is 5.56 Å². The van der Waals surface area contributed by atoms with Crippen LogP contribution in [0.2, 0.25) is 0 Å². The van der Waals surface area contributed by atoms with E-state index < -0.39 is 5.97 Å². The number of carboxylic acids is 1. The third kappa shape index (κ3) is 6.02. The summed E-state index contributed by atoms with van der Waals surface area (Å²) in [5.74, 6) is -0.0504. The van der Waals surface area contributed by atoms with Crippen LogP contribution >= 0.6 is 0 Å². The predicted octanol–water partition coefficient (Wildman–Crippen LogP) is 1.03. The monoisotopic (exact) mass is 197 g/mol. The summed E-state index contributed by atoms with van der Waals surface area (Å²) in [6.07, 6.45) is 0. The Morgan fingerprint density at radius 3 is 2.14 bits per heavy atom. The summed E-state index contributed by atoms with van der Waals surface area (Å²) in [5.41, 5.74) is 5.83. The second-order valence-corrected chi connectivity index (χ2v) is 2.62. The number of hydrogen-bond acceptors (Lipinski definition) is 3. The van der Waals surface area contributed by atoms with E-state index in [0.29, 0.717) is 0 Å². The molecule has 3 N–H and O–H groups in total. The lowest BCUT2D eigenvalue weighted by Gasteiger charge is -1.97. The van der Waals surface area contributed by atoms with Crippen LogP contribution in [-0.2, 0) is 4.79 Å². The number of carbonyl (C=O) groups is 1. The van der Waals surface area contributed by atoms with Crippen molar-refractivity contribution >= 4 is 5.97 Å². The normalized spacial score (nSPS) is 8.50. The lowest BCUT2D eigenvalue weighted by atomic mass is 10.2. The number of benzene rings is 1. The average Bonchev–Trinajstić information content (AvgIpc) is 2.20. The minimum Gasteiger partial charge on any atom is -0.497 e. The maximum atomic E-state index is 9.24. The van der Waals surface area contributed by atoms with Gasteiger partial charge in [0, 0.05) is 0 Å². The summed E-state index contributed by atoms with van der Waals surface area (Å²) < 4.78 is 4.97. The molecule has 0 aromatic heterocycles. The number of hydrogen-bond donors (Lipinski definition) is 2. The van der Waals surface area contributed by atoms with Crippen molar-refractivity contribution in [3.05, 3.63) is 29.8 Å². The molecule has 78 valence electrons. The summed E-state index contributed by atoms with van der Waals surface area (Å²) in [7, 11) is 1.67. The lowest BCUT2D eigenvalue weighted by molar-refractivity contribution is -0.135. The van der Waals surface area contributed by atoms with Gasteiger partial charge in [-0.25, -0.2) is 0 Å². The highest BCUT2D eigenvalue weighted by Crippen LogP contribution is 2.09. The number of rotatable bonds is 2. The van der Waals surface area contributed by atoms with Crippen molar-refractivity contribution in [3.63, 3.8) is 0 Å². The Labute approximate surface area is 83.3 Å². The molecule has 14 heavy (non-hydrogen) atoms. The van der Waals surface area contributed by atoms with Gasteiger partial charge in [0.1, 0.15) is 5.75 Å². The van der Waals surface area contributed by atoms with Gasteiger partial charge in [0.15, 0.2) is 0 Å². The van der Waals surface area contributed by atoms with Gasteiger partial charge in [-0.15, -0.1) is 0 Å². The molecule has 0 aliphatic carbocycles. The van der Waals surface area contributed by atoms with Crippen LogP contribution in [0.25, 0.3) is 0 Å². The van der Waals surface area contributed by atoms with Crippen LogP contribution in [0, 0.1) is 6.92 Å². The summed E-state index contributed by atoms with van der Waals surface area (Å²) in [5, 5.41) is 7.60. The first-order chi connectivity index (χ1) is 6.60. The minimum absolute atomic E-state index is 0.278. The highest BCUT2D eigenvalue weighted by atomic mass is 16.5. The van der Waals surface area contributed by atoms with Crippen LogP contribution in [0.3, 0.4) is 0 Å². The second-order valence-electron chi connectivity index (χ2n) is 2.62. The molecule has 0 aliphatic heterocycles. The van der Waals surface area contributed by atoms with E-state index in [1.54, 1.807) is 7.11 Å². The third-order valence-electron chi connectivity index (χ3n) is 1.43. The van der Waals surface area contributed by atoms with Crippen LogP contribution in [-0.4, -0.2) is 24.7 Å². The first-order valence-corrected chi connectivity index (χ1v) is 4.12. The SMILES string of the molecule is COc1ccc(C)cc1.NCC(=O)O. The molecule has 0 unspecified atom stereocenters. The highest BCUT2D eigenvalue weighted by molar-refractivity contribution is 5.68. The van der Waals surface area contributed by atoms with Gasteiger partial charge in [-0.1, -0.05) is 17.7 Å². The Balaban J connectivity index is 0.000000292. The molecule has 0 fully saturated rings. The zero-order valence-corrected chi connectivity index (χ0v) is 8.36. The van der Waals surface area contributed by atoms with Crippen molar-refractivity contribution in [1.82, 2.24) is 0 Å². The van der Waals surface area contributed by atoms with Gasteiger partial charge >= 0.3 is 5.97 Å². The molecule has 4 heteroatoms. The summed E-state index contributed by atoms with van der Waals surface area (Å²) in [6, 6.07) is 7.96. The number of aryl methyl sites for hydroxylation is 1. The van der Waals surface area contributed by atoms with Crippen LogP contribution < -0.4 is 10.5 Å². The zero-order chi connectivity index (χ0) is 11.0. The molecular weight excluding hydrogens is 182 g/mol. The molecule has 1 aromatic carbocycles. The molecule has 0 saturated heterocycles. The number of nitrogens with two attached hydrogens (primary N) is 1.